The molecule has 3 rings (SSSR count). The molecule has 1 aliphatic heterocycles. The molecular formula is C26H37FN4O. The van der Waals surface area contributed by atoms with Gasteiger partial charge in [0.25, 0.3) is 5.91 Å². The third-order valence-corrected chi connectivity index (χ3v) is 5.55. The van der Waals surface area contributed by atoms with Crippen molar-refractivity contribution in [1.82, 2.24) is 20.4 Å². The van der Waals surface area contributed by atoms with Gasteiger partial charge in [0.15, 0.2) is 0 Å². The number of nitrogens with one attached hydrogen (secondary N) is 2. The van der Waals surface area contributed by atoms with Gasteiger partial charge < -0.3 is 10.6 Å². The number of hydrogen-bond donors (Lipinski definition) is 2. The zero-order valence-corrected chi connectivity index (χ0v) is 19.8. The van der Waals surface area contributed by atoms with E-state index in [9.17, 15) is 9.18 Å². The van der Waals surface area contributed by atoms with E-state index in [1.165, 1.54) is 18.6 Å². The number of hydrogen-bond acceptors (Lipinski definition) is 3. The zero-order chi connectivity index (χ0) is 23.5. The Morgan fingerprint density at radius 3 is 2.56 bits per heavy atom. The highest BCUT2D eigenvalue weighted by Crippen LogP contribution is 2.25. The first-order valence-electron chi connectivity index (χ1n) is 11.6. The van der Waals surface area contributed by atoms with Gasteiger partial charge in [0.2, 0.25) is 0 Å². The lowest BCUT2D eigenvalue weighted by molar-refractivity contribution is -0.116. The lowest BCUT2D eigenvalue weighted by Crippen LogP contribution is -2.46. The van der Waals surface area contributed by atoms with Gasteiger partial charge in [0, 0.05) is 17.2 Å². The van der Waals surface area contributed by atoms with Crippen LogP contribution in [0.5, 0.6) is 0 Å². The van der Waals surface area contributed by atoms with E-state index in [0.717, 1.165) is 32.4 Å². The van der Waals surface area contributed by atoms with Crippen LogP contribution in [0.2, 0.25) is 0 Å². The van der Waals surface area contributed by atoms with E-state index < -0.39 is 0 Å². The molecule has 1 aliphatic rings. The Hall–Kier alpha value is -2.73. The Bertz CT molecular complexity index is 895. The van der Waals surface area contributed by atoms with E-state index in [0.29, 0.717) is 28.4 Å². The summed E-state index contributed by atoms with van der Waals surface area (Å²) in [7, 11) is 0. The van der Waals surface area contributed by atoms with E-state index in [1.54, 1.807) is 35.2 Å². The second-order valence-electron chi connectivity index (χ2n) is 8.04. The van der Waals surface area contributed by atoms with Crippen molar-refractivity contribution in [2.75, 3.05) is 13.1 Å². The maximum Gasteiger partial charge on any atom is 0.251 e. The maximum absolute atomic E-state index is 13.3. The molecule has 1 amide bonds. The van der Waals surface area contributed by atoms with Crippen LogP contribution in [-0.2, 0) is 4.79 Å². The molecule has 2 N–H and O–H groups in total. The van der Waals surface area contributed by atoms with Crippen molar-refractivity contribution in [3.8, 4) is 5.69 Å². The number of aromatic nitrogens is 2. The number of carbonyl (C=O) groups excluding carboxylic acids is 1. The highest BCUT2D eigenvalue weighted by molar-refractivity contribution is 6.20. The number of amides is 1. The predicted octanol–water partition coefficient (Wildman–Crippen LogP) is 5.37. The van der Waals surface area contributed by atoms with Gasteiger partial charge in [-0.2, -0.15) is 5.10 Å². The van der Waals surface area contributed by atoms with Crippen LogP contribution < -0.4 is 10.6 Å². The molecule has 0 radical (unpaired) electrons. The number of benzene rings is 1. The van der Waals surface area contributed by atoms with Crippen molar-refractivity contribution in [1.29, 1.82) is 0 Å². The smallest absolute Gasteiger partial charge is 0.251 e. The molecule has 1 fully saturated rings. The van der Waals surface area contributed by atoms with Crippen molar-refractivity contribution in [2.45, 2.75) is 59.4 Å². The minimum absolute atomic E-state index is 0.105. The minimum atomic E-state index is -0.308. The summed E-state index contributed by atoms with van der Waals surface area (Å²) in [5.74, 6) is 0.0286. The number of rotatable bonds is 7. The van der Waals surface area contributed by atoms with Gasteiger partial charge in [0.1, 0.15) is 5.82 Å². The predicted molar refractivity (Wildman–Crippen MR) is 131 cm³/mol. The molecule has 0 spiro atoms. The Morgan fingerprint density at radius 2 is 2.03 bits per heavy atom. The first kappa shape index (κ1) is 25.5. The molecule has 174 valence electrons. The monoisotopic (exact) mass is 440 g/mol. The summed E-state index contributed by atoms with van der Waals surface area (Å²) in [6.45, 7) is 14.1. The van der Waals surface area contributed by atoms with Crippen LogP contribution in [0, 0.1) is 11.7 Å². The van der Waals surface area contributed by atoms with Crippen LogP contribution in [0.25, 0.3) is 17.3 Å². The van der Waals surface area contributed by atoms with Crippen molar-refractivity contribution >= 4 is 17.6 Å². The third-order valence-electron chi connectivity index (χ3n) is 5.55. The fourth-order valence-corrected chi connectivity index (χ4v) is 3.98. The Balaban J connectivity index is 0.00000114. The van der Waals surface area contributed by atoms with E-state index in [4.69, 9.17) is 0 Å². The normalized spacial score (nSPS) is 17.2. The number of piperidine rings is 1. The molecule has 0 aliphatic carbocycles. The van der Waals surface area contributed by atoms with Crippen molar-refractivity contribution < 1.29 is 9.18 Å². The average molecular weight is 441 g/mol. The van der Waals surface area contributed by atoms with Gasteiger partial charge in [-0.1, -0.05) is 39.8 Å². The molecule has 1 aromatic carbocycles. The van der Waals surface area contributed by atoms with Crippen LogP contribution in [0.1, 0.15) is 64.6 Å². The van der Waals surface area contributed by atoms with Gasteiger partial charge in [-0.3, -0.25) is 4.79 Å². The Morgan fingerprint density at radius 1 is 1.34 bits per heavy atom. The SMILES string of the molecule is C=Cc1c(/C(=C\C)C(=O)NC(CC)C2CCCNC2)cnn1-c1ccc(F)cc1.CCC. The van der Waals surface area contributed by atoms with Crippen molar-refractivity contribution in [3.63, 3.8) is 0 Å². The van der Waals surface area contributed by atoms with Crippen LogP contribution >= 0.6 is 0 Å². The lowest BCUT2D eigenvalue weighted by Gasteiger charge is -2.31. The van der Waals surface area contributed by atoms with Gasteiger partial charge in [-0.15, -0.1) is 0 Å². The van der Waals surface area contributed by atoms with E-state index in [2.05, 4.69) is 43.1 Å². The lowest BCUT2D eigenvalue weighted by atomic mass is 9.89. The highest BCUT2D eigenvalue weighted by Gasteiger charge is 2.26. The number of carbonyl (C=O) groups is 1. The zero-order valence-electron chi connectivity index (χ0n) is 19.8. The van der Waals surface area contributed by atoms with Gasteiger partial charge >= 0.3 is 0 Å². The summed E-state index contributed by atoms with van der Waals surface area (Å²) in [5, 5.41) is 11.1. The Kier molecular flexibility index (Phi) is 10.3. The first-order valence-corrected chi connectivity index (χ1v) is 11.6. The van der Waals surface area contributed by atoms with Gasteiger partial charge in [-0.05, 0) is 75.5 Å². The molecule has 0 bridgehead atoms. The molecule has 1 saturated heterocycles. The van der Waals surface area contributed by atoms with Crippen molar-refractivity contribution in [2.24, 2.45) is 5.92 Å². The molecule has 1 aromatic heterocycles. The number of nitrogens with zero attached hydrogens (tertiary/aromatic N) is 2. The van der Waals surface area contributed by atoms with Crippen LogP contribution in [0.15, 0.2) is 43.1 Å². The summed E-state index contributed by atoms with van der Waals surface area (Å²) in [5.41, 5.74) is 2.69. The summed E-state index contributed by atoms with van der Waals surface area (Å²) in [4.78, 5) is 13.1. The van der Waals surface area contributed by atoms with Crippen molar-refractivity contribution in [3.05, 3.63) is 60.2 Å². The fourth-order valence-electron chi connectivity index (χ4n) is 3.98. The van der Waals surface area contributed by atoms with E-state index in [1.807, 2.05) is 6.92 Å². The number of allylic oxidation sites excluding steroid dienone is 1. The fraction of sp³-hybridized carbons (Fsp3) is 0.462. The molecule has 2 atom stereocenters. The quantitative estimate of drug-likeness (QED) is 0.569. The van der Waals surface area contributed by atoms with Gasteiger partial charge in [-0.25, -0.2) is 9.07 Å². The van der Waals surface area contributed by atoms with Crippen LogP contribution in [0.4, 0.5) is 4.39 Å². The molecule has 0 saturated carbocycles. The maximum atomic E-state index is 13.3. The van der Waals surface area contributed by atoms with E-state index >= 15 is 0 Å². The number of halogens is 1. The molecule has 2 heterocycles. The average Bonchev–Trinajstić information content (AvgIpc) is 3.23. The molecule has 2 unspecified atom stereocenters. The topological polar surface area (TPSA) is 59.0 Å². The summed E-state index contributed by atoms with van der Waals surface area (Å²) in [6, 6.07) is 6.20. The van der Waals surface area contributed by atoms with E-state index in [-0.39, 0.29) is 17.8 Å². The Labute approximate surface area is 191 Å². The van der Waals surface area contributed by atoms with Crippen LogP contribution in [-0.4, -0.2) is 34.8 Å². The third kappa shape index (κ3) is 6.39. The molecule has 2 aromatic rings. The summed E-state index contributed by atoms with van der Waals surface area (Å²) >= 11 is 0. The second kappa shape index (κ2) is 13.0. The molecule has 32 heavy (non-hydrogen) atoms. The standard InChI is InChI=1S/C23H29FN4O.C3H8/c1-4-19(23(29)27-21(5-2)16-8-7-13-25-14-16)20-15-26-28(22(20)6-3)18-11-9-17(24)10-12-18;1-3-2/h4,6,9-12,15-16,21,25H,3,5,7-8,13-14H2,1-2H3,(H,27,29);3H2,1-2H3/b19-4+;. The highest BCUT2D eigenvalue weighted by atomic mass is 19.1. The van der Waals surface area contributed by atoms with Gasteiger partial charge in [0.05, 0.1) is 17.6 Å². The largest absolute Gasteiger partial charge is 0.349 e. The summed E-state index contributed by atoms with van der Waals surface area (Å²) in [6.07, 6.45) is 9.54. The second-order valence-corrected chi connectivity index (χ2v) is 8.04. The first-order chi connectivity index (χ1) is 15.5. The molecule has 6 heteroatoms. The van der Waals surface area contributed by atoms with Crippen LogP contribution in [0.3, 0.4) is 0 Å². The molecular weight excluding hydrogens is 403 g/mol. The molecule has 5 nitrogen and oxygen atoms in total. The summed E-state index contributed by atoms with van der Waals surface area (Å²) < 4.78 is 14.9. The minimum Gasteiger partial charge on any atom is -0.349 e.